The van der Waals surface area contributed by atoms with Gasteiger partial charge in [-0.15, -0.1) is 0 Å². The molecule has 6 heterocycles. The molecule has 29 heteroatoms. The van der Waals surface area contributed by atoms with E-state index >= 15 is 9.59 Å². The second-order valence-corrected chi connectivity index (χ2v) is 28.6. The maximum Gasteiger partial charge on any atom is 0.426 e. The molecule has 2 bridgehead atoms. The minimum Gasteiger partial charge on any atom is -0.496 e. The van der Waals surface area contributed by atoms with Gasteiger partial charge < -0.3 is 75.9 Å². The number of para-hydroxylation sites is 1. The van der Waals surface area contributed by atoms with Gasteiger partial charge in [0.25, 0.3) is 5.91 Å². The van der Waals surface area contributed by atoms with Gasteiger partial charge in [0.05, 0.1) is 49.5 Å². The van der Waals surface area contributed by atoms with Crippen LogP contribution in [0.1, 0.15) is 109 Å². The largest absolute Gasteiger partial charge is 0.496 e. The maximum absolute atomic E-state index is 15.6. The van der Waals surface area contributed by atoms with E-state index in [9.17, 15) is 64.2 Å². The molecule has 492 valence electrons. The molecule has 6 unspecified atom stereocenters. The summed E-state index contributed by atoms with van der Waals surface area (Å²) in [5.41, 5.74) is 0.929. The van der Waals surface area contributed by atoms with Gasteiger partial charge in [0.2, 0.25) is 17.7 Å². The number of carboxylic acid groups (broad SMARTS) is 3. The number of anilines is 2. The van der Waals surface area contributed by atoms with Gasteiger partial charge in [-0.2, -0.15) is 0 Å². The lowest BCUT2D eigenvalue weighted by atomic mass is 9.47. The quantitative estimate of drug-likeness (QED) is 0.0262. The summed E-state index contributed by atoms with van der Waals surface area (Å²) in [5.74, 6) is -9.43. The van der Waals surface area contributed by atoms with Crippen molar-refractivity contribution >= 4 is 86.6 Å². The number of carboxylic acids is 3. The Kier molecular flexibility index (Phi) is 19.5. The van der Waals surface area contributed by atoms with E-state index < -0.39 is 141 Å². The molecule has 1 saturated carbocycles. The maximum atomic E-state index is 15.6. The van der Waals surface area contributed by atoms with Crippen molar-refractivity contribution in [3.05, 3.63) is 65.2 Å². The Morgan fingerprint density at radius 3 is 2.20 bits per heavy atom. The number of piperidine rings is 1. The number of benzene rings is 2. The fourth-order valence-electron chi connectivity index (χ4n) is 16.3. The number of nitrogens with zero attached hydrogens (tertiary/aromatic N) is 3. The van der Waals surface area contributed by atoms with Crippen LogP contribution in [-0.2, 0) is 58.7 Å². The van der Waals surface area contributed by atoms with E-state index in [0.717, 1.165) is 45.3 Å². The van der Waals surface area contributed by atoms with Crippen LogP contribution >= 0.6 is 21.6 Å². The van der Waals surface area contributed by atoms with Gasteiger partial charge in [0.1, 0.15) is 42.0 Å². The van der Waals surface area contributed by atoms with Gasteiger partial charge in [0.15, 0.2) is 5.60 Å². The van der Waals surface area contributed by atoms with E-state index in [1.54, 1.807) is 11.9 Å². The molecule has 90 heavy (non-hydrogen) atoms. The first-order chi connectivity index (χ1) is 42.5. The molecule has 7 aliphatic rings. The van der Waals surface area contributed by atoms with E-state index in [0.29, 0.717) is 75.4 Å². The van der Waals surface area contributed by atoms with Crippen LogP contribution in [0.2, 0.25) is 0 Å². The Morgan fingerprint density at radius 2 is 1.56 bits per heavy atom. The van der Waals surface area contributed by atoms with Crippen molar-refractivity contribution in [3.63, 3.8) is 0 Å². The van der Waals surface area contributed by atoms with Crippen LogP contribution in [0.15, 0.2) is 48.6 Å². The van der Waals surface area contributed by atoms with Gasteiger partial charge in [-0.05, 0) is 94.6 Å². The van der Waals surface area contributed by atoms with Crippen molar-refractivity contribution in [2.75, 3.05) is 76.6 Å². The van der Waals surface area contributed by atoms with Crippen LogP contribution in [-0.4, -0.2) is 219 Å². The van der Waals surface area contributed by atoms with E-state index in [2.05, 4.69) is 48.0 Å². The highest BCUT2D eigenvalue weighted by molar-refractivity contribution is 8.77. The molecule has 0 radical (unpaired) electrons. The molecular formula is C61H83N9O18S2. The van der Waals surface area contributed by atoms with Crippen molar-refractivity contribution in [3.8, 4) is 5.75 Å². The molecule has 3 saturated heterocycles. The van der Waals surface area contributed by atoms with Crippen molar-refractivity contribution in [1.29, 1.82) is 0 Å². The van der Waals surface area contributed by atoms with Crippen molar-refractivity contribution in [1.82, 2.24) is 36.6 Å². The smallest absolute Gasteiger partial charge is 0.426 e. The van der Waals surface area contributed by atoms with E-state index in [4.69, 9.17) is 14.2 Å². The molecule has 1 spiro atoms. The highest BCUT2D eigenvalue weighted by Crippen LogP contribution is 2.68. The van der Waals surface area contributed by atoms with Crippen molar-refractivity contribution in [2.24, 2.45) is 11.3 Å². The number of hydrazine groups is 1. The summed E-state index contributed by atoms with van der Waals surface area (Å²) in [6, 6.07) is 4.40. The number of hydrogen-bond acceptors (Lipinski definition) is 21. The number of amides is 5. The molecule has 0 aromatic heterocycles. The number of aliphatic carboxylic acids is 3. The highest BCUT2D eigenvalue weighted by Gasteiger charge is 2.79. The highest BCUT2D eigenvalue weighted by atomic mass is 33.1. The third-order valence-electron chi connectivity index (χ3n) is 20.0. The number of aliphatic hydroxyl groups is 3. The zero-order chi connectivity index (χ0) is 65.6. The molecule has 6 aliphatic heterocycles. The van der Waals surface area contributed by atoms with Crippen LogP contribution in [0.4, 0.5) is 16.2 Å². The molecule has 5 amide bonds. The summed E-state index contributed by atoms with van der Waals surface area (Å²) in [6.07, 6.45) is 1.55. The number of esters is 1. The minimum atomic E-state index is -2.67. The number of methoxy groups -OCH3 is 2. The first kappa shape index (κ1) is 67.5. The molecule has 2 aromatic carbocycles. The van der Waals surface area contributed by atoms with Gasteiger partial charge in [-0.25, -0.2) is 15.0 Å². The van der Waals surface area contributed by atoms with Crippen LogP contribution < -0.4 is 41.8 Å². The number of likely N-dealkylation sites (N-methyl/N-ethyl adjacent to an activating group) is 1. The van der Waals surface area contributed by atoms with Gasteiger partial charge in [0, 0.05) is 85.2 Å². The lowest BCUT2D eigenvalue weighted by Gasteiger charge is -2.63. The first-order valence-corrected chi connectivity index (χ1v) is 32.6. The second-order valence-electron chi connectivity index (χ2n) is 25.5. The zero-order valence-corrected chi connectivity index (χ0v) is 53.3. The van der Waals surface area contributed by atoms with Crippen LogP contribution in [0.25, 0.3) is 0 Å². The summed E-state index contributed by atoms with van der Waals surface area (Å²) in [7, 11) is 6.64. The molecular weight excluding hydrogens is 1210 g/mol. The van der Waals surface area contributed by atoms with Crippen molar-refractivity contribution in [2.45, 2.75) is 161 Å². The average Bonchev–Trinajstić information content (AvgIpc) is 1.44. The molecule has 12 N–H and O–H groups in total. The van der Waals surface area contributed by atoms with Gasteiger partial charge in [-0.1, -0.05) is 65.8 Å². The monoisotopic (exact) mass is 1290 g/mol. The number of carbonyl (C=O) groups is 9. The summed E-state index contributed by atoms with van der Waals surface area (Å²) < 4.78 is 16.4. The predicted octanol–water partition coefficient (Wildman–Crippen LogP) is 1.57. The van der Waals surface area contributed by atoms with Crippen LogP contribution in [0, 0.1) is 11.3 Å². The minimum absolute atomic E-state index is 0.00820. The van der Waals surface area contributed by atoms with E-state index in [-0.39, 0.29) is 37.0 Å². The topological polar surface area (TPSA) is 385 Å². The summed E-state index contributed by atoms with van der Waals surface area (Å²) in [4.78, 5) is 124. The lowest BCUT2D eigenvalue weighted by Crippen LogP contribution is -2.82. The molecule has 15 atom stereocenters. The SMILES string of the molecule is CCC1(O)CC2CN(CCC3c4ccccc4NC3[C@@](C(=O)OC)(c3cc4c(cc3OC)N(C)[C@@H]3C45CCN4CC=C[C@](CC)([C@H]45)[C@@H](O)[C@]3(O)C(=O)NNC(=O)OCCSSC(C)(C)[C@H](NC(=O)[C@H](CC(=O)O)NC(=O)[C@H](CC(=O)O)NC(C)=O)C(=O)O)C2)C1. The molecule has 4 fully saturated rings. The second kappa shape index (κ2) is 26.0. The van der Waals surface area contributed by atoms with Crippen LogP contribution in [0.5, 0.6) is 5.75 Å². The number of carbonyl (C=O) groups excluding carboxylic acids is 6. The Morgan fingerprint density at radius 1 is 0.867 bits per heavy atom. The fraction of sp³-hybridized carbons (Fsp3) is 0.623. The molecule has 2 aromatic rings. The lowest BCUT2D eigenvalue weighted by molar-refractivity contribution is -0.204. The zero-order valence-electron chi connectivity index (χ0n) is 51.7. The Bertz CT molecular complexity index is 3200. The number of fused-ring (bicyclic) bond motifs is 6. The molecule has 9 rings (SSSR count). The third-order valence-corrected chi connectivity index (χ3v) is 23.2. The Balaban J connectivity index is 0.957. The van der Waals surface area contributed by atoms with Crippen molar-refractivity contribution < 1.29 is 88.0 Å². The predicted molar refractivity (Wildman–Crippen MR) is 329 cm³/mol. The molecule has 1 aliphatic carbocycles. The van der Waals surface area contributed by atoms with Crippen LogP contribution in [0.3, 0.4) is 0 Å². The standard InChI is InChI=1S/C61H83N9O18S2/c1-9-57(84)28-33-29-60(54(82)87-8,45-35(16-20-69(30-33)31-57)34-14-11-12-15-38(34)63-45)37-24-36-41(27-42(37)86-7)68(6)51-59(36)18-21-70-19-13-17-58(10-2,50(59)70)52(80)61(51,85)53(81)66-67-55(83)88-22-23-89-90-56(4,5)46(49(78)79)65-48(77)40(26-44(74)75)64-47(76)39(25-43(72)73)62-32(3)71/h11-15,17,24,27,33,35,39-40,45-46,50-52,63,80,84-85H,9-10,16,18-23,25-26,28-31H2,1-8H3,(H,62,71)(H,64,76)(H,65,77)(H,66,81)(H,67,83)(H,72,73)(H,74,75)(H,78,79)/t33?,35?,39-,40-,45?,46+,50-,51+,52+,57?,58+,59?,60-,61-/m0/s1. The number of nitrogens with one attached hydrogen (secondary N) is 6. The van der Waals surface area contributed by atoms with Gasteiger partial charge in [-0.3, -0.25) is 43.9 Å². The van der Waals surface area contributed by atoms with E-state index in [1.807, 2.05) is 56.3 Å². The first-order valence-electron chi connectivity index (χ1n) is 30.3. The number of aliphatic hydroxyl groups excluding tert-OH is 1. The summed E-state index contributed by atoms with van der Waals surface area (Å²) in [5, 5.41) is 78.0. The third kappa shape index (κ3) is 11.9. The number of rotatable bonds is 22. The normalized spacial score (nSPS) is 31.3. The Labute approximate surface area is 528 Å². The summed E-state index contributed by atoms with van der Waals surface area (Å²) >= 11 is 0. The number of hydrogen-bond donors (Lipinski definition) is 12. The summed E-state index contributed by atoms with van der Waals surface area (Å²) in [6.45, 7) is 10.3. The average molecular weight is 1290 g/mol. The number of ether oxygens (including phenoxy) is 3. The van der Waals surface area contributed by atoms with E-state index in [1.165, 1.54) is 28.1 Å². The molecule has 27 nitrogen and oxygen atoms in total. The fourth-order valence-corrected chi connectivity index (χ4v) is 18.7. The van der Waals surface area contributed by atoms with Gasteiger partial charge >= 0.3 is 30.0 Å². The Hall–Kier alpha value is -6.89.